The number of benzene rings is 4. The molecule has 5 aromatic rings. The number of nitrogens with zero attached hydrogens (tertiary/aromatic N) is 3. The molecule has 0 saturated carbocycles. The van der Waals surface area contributed by atoms with E-state index in [1.165, 1.54) is 11.8 Å². The largest absolute Gasteiger partial charge is 0.325 e. The quantitative estimate of drug-likeness (QED) is 0.233. The summed E-state index contributed by atoms with van der Waals surface area (Å²) in [5.74, 6) is 0.729. The summed E-state index contributed by atoms with van der Waals surface area (Å²) < 4.78 is 1.96. The fourth-order valence-corrected chi connectivity index (χ4v) is 4.82. The van der Waals surface area contributed by atoms with Crippen LogP contribution < -0.4 is 5.32 Å². The number of carbonyl (C=O) groups excluding carboxylic acids is 1. The van der Waals surface area contributed by atoms with E-state index in [1.54, 1.807) is 0 Å². The highest BCUT2D eigenvalue weighted by atomic mass is 35.5. The highest BCUT2D eigenvalue weighted by Crippen LogP contribution is 2.31. The molecule has 0 aliphatic carbocycles. The van der Waals surface area contributed by atoms with Crippen molar-refractivity contribution in [3.05, 3.63) is 114 Å². The zero-order valence-corrected chi connectivity index (χ0v) is 21.1. The third kappa shape index (κ3) is 5.35. The van der Waals surface area contributed by atoms with Gasteiger partial charge in [0.1, 0.15) is 0 Å². The number of hydrogen-bond donors (Lipinski definition) is 1. The maximum Gasteiger partial charge on any atom is 0.234 e. The number of aromatic nitrogens is 3. The molecular formula is C29H23ClN4OS. The Hall–Kier alpha value is -3.87. The molecule has 0 spiro atoms. The van der Waals surface area contributed by atoms with Gasteiger partial charge >= 0.3 is 0 Å². The van der Waals surface area contributed by atoms with Crippen LogP contribution in [0.3, 0.4) is 0 Å². The van der Waals surface area contributed by atoms with Gasteiger partial charge in [0.25, 0.3) is 0 Å². The standard InChI is InChI=1S/C29H23ClN4OS/c1-20-14-16-24(17-15-20)34-28(22-10-7-11-23(30)18-22)32-33-29(34)36-19-27(35)31-26-13-6-5-12-25(26)21-8-3-2-4-9-21/h2-18H,19H2,1H3,(H,31,35). The average Bonchev–Trinajstić information content (AvgIpc) is 3.33. The van der Waals surface area contributed by atoms with E-state index in [4.69, 9.17) is 11.6 Å². The third-order valence-corrected chi connectivity index (χ3v) is 6.79. The van der Waals surface area contributed by atoms with E-state index in [-0.39, 0.29) is 11.7 Å². The molecule has 0 unspecified atom stereocenters. The second-order valence-corrected chi connectivity index (χ2v) is 9.61. The molecule has 0 radical (unpaired) electrons. The molecule has 1 amide bonds. The van der Waals surface area contributed by atoms with Crippen LogP contribution in [0.25, 0.3) is 28.2 Å². The summed E-state index contributed by atoms with van der Waals surface area (Å²) >= 11 is 7.58. The Morgan fingerprint density at radius 3 is 2.36 bits per heavy atom. The summed E-state index contributed by atoms with van der Waals surface area (Å²) in [7, 11) is 0. The zero-order valence-electron chi connectivity index (χ0n) is 19.6. The first-order valence-corrected chi connectivity index (χ1v) is 12.8. The Morgan fingerprint density at radius 1 is 0.861 bits per heavy atom. The molecule has 0 fully saturated rings. The van der Waals surface area contributed by atoms with Crippen molar-refractivity contribution in [2.24, 2.45) is 0 Å². The molecule has 1 N–H and O–H groups in total. The van der Waals surface area contributed by atoms with E-state index >= 15 is 0 Å². The van der Waals surface area contributed by atoms with E-state index < -0.39 is 0 Å². The highest BCUT2D eigenvalue weighted by molar-refractivity contribution is 7.99. The summed E-state index contributed by atoms with van der Waals surface area (Å²) in [4.78, 5) is 13.0. The maximum atomic E-state index is 13.0. The first-order chi connectivity index (χ1) is 17.6. The Bertz CT molecular complexity index is 1500. The Kier molecular flexibility index (Phi) is 7.16. The molecule has 0 aliphatic rings. The lowest BCUT2D eigenvalue weighted by molar-refractivity contribution is -0.113. The first kappa shape index (κ1) is 23.9. The minimum atomic E-state index is -0.119. The summed E-state index contributed by atoms with van der Waals surface area (Å²) in [5, 5.41) is 13.2. The first-order valence-electron chi connectivity index (χ1n) is 11.4. The van der Waals surface area contributed by atoms with Crippen molar-refractivity contribution in [1.82, 2.24) is 14.8 Å². The lowest BCUT2D eigenvalue weighted by Crippen LogP contribution is -2.15. The van der Waals surface area contributed by atoms with E-state index in [9.17, 15) is 4.79 Å². The summed E-state index contributed by atoms with van der Waals surface area (Å²) in [6.07, 6.45) is 0. The fourth-order valence-electron chi connectivity index (χ4n) is 3.88. The van der Waals surface area contributed by atoms with Crippen LogP contribution in [0.5, 0.6) is 0 Å². The van der Waals surface area contributed by atoms with Crippen LogP contribution >= 0.6 is 23.4 Å². The van der Waals surface area contributed by atoms with E-state index in [1.807, 2.05) is 115 Å². The molecular weight excluding hydrogens is 488 g/mol. The third-order valence-electron chi connectivity index (χ3n) is 5.63. The van der Waals surface area contributed by atoms with Crippen molar-refractivity contribution < 1.29 is 4.79 Å². The van der Waals surface area contributed by atoms with Crippen molar-refractivity contribution in [3.63, 3.8) is 0 Å². The van der Waals surface area contributed by atoms with E-state index in [0.717, 1.165) is 33.6 Å². The summed E-state index contributed by atoms with van der Waals surface area (Å²) in [6, 6.07) is 33.4. The molecule has 1 heterocycles. The van der Waals surface area contributed by atoms with Crippen LogP contribution in [-0.4, -0.2) is 26.4 Å². The van der Waals surface area contributed by atoms with Crippen LogP contribution in [0.1, 0.15) is 5.56 Å². The van der Waals surface area contributed by atoms with Crippen molar-refractivity contribution >= 4 is 35.0 Å². The molecule has 5 rings (SSSR count). The lowest BCUT2D eigenvalue weighted by atomic mass is 10.0. The smallest absolute Gasteiger partial charge is 0.234 e. The number of aryl methyl sites for hydroxylation is 1. The number of thioether (sulfide) groups is 1. The number of amides is 1. The maximum absolute atomic E-state index is 13.0. The normalized spacial score (nSPS) is 10.8. The van der Waals surface area contributed by atoms with Gasteiger partial charge in [-0.2, -0.15) is 0 Å². The van der Waals surface area contributed by atoms with Gasteiger partial charge in [-0.1, -0.05) is 102 Å². The van der Waals surface area contributed by atoms with Gasteiger partial charge in [0.15, 0.2) is 11.0 Å². The number of rotatable bonds is 7. The molecule has 1 aromatic heterocycles. The average molecular weight is 511 g/mol. The second-order valence-electron chi connectivity index (χ2n) is 8.24. The van der Waals surface area contributed by atoms with E-state index in [0.29, 0.717) is 16.0 Å². The minimum Gasteiger partial charge on any atom is -0.325 e. The molecule has 4 aromatic carbocycles. The number of anilines is 1. The number of nitrogens with one attached hydrogen (secondary N) is 1. The Morgan fingerprint density at radius 2 is 1.58 bits per heavy atom. The molecule has 0 atom stereocenters. The monoisotopic (exact) mass is 510 g/mol. The fraction of sp³-hybridized carbons (Fsp3) is 0.0690. The molecule has 0 bridgehead atoms. The van der Waals surface area contributed by atoms with Gasteiger partial charge in [-0.15, -0.1) is 10.2 Å². The van der Waals surface area contributed by atoms with Crippen molar-refractivity contribution in [1.29, 1.82) is 0 Å². The number of hydrogen-bond acceptors (Lipinski definition) is 4. The van der Waals surface area contributed by atoms with Crippen LogP contribution in [0.15, 0.2) is 108 Å². The predicted molar refractivity (Wildman–Crippen MR) is 148 cm³/mol. The van der Waals surface area contributed by atoms with Gasteiger partial charge in [0.2, 0.25) is 5.91 Å². The lowest BCUT2D eigenvalue weighted by Gasteiger charge is -2.12. The van der Waals surface area contributed by atoms with Crippen LogP contribution in [0.4, 0.5) is 5.69 Å². The van der Waals surface area contributed by atoms with Gasteiger partial charge < -0.3 is 5.32 Å². The van der Waals surface area contributed by atoms with Gasteiger partial charge in [-0.05, 0) is 42.8 Å². The molecule has 5 nitrogen and oxygen atoms in total. The Balaban J connectivity index is 1.40. The van der Waals surface area contributed by atoms with Gasteiger partial charge in [0, 0.05) is 27.5 Å². The molecule has 0 saturated heterocycles. The zero-order chi connectivity index (χ0) is 24.9. The predicted octanol–water partition coefficient (Wildman–Crippen LogP) is 7.29. The minimum absolute atomic E-state index is 0.119. The molecule has 178 valence electrons. The van der Waals surface area contributed by atoms with Gasteiger partial charge in [-0.3, -0.25) is 9.36 Å². The van der Waals surface area contributed by atoms with Crippen LogP contribution in [0, 0.1) is 6.92 Å². The highest BCUT2D eigenvalue weighted by Gasteiger charge is 2.18. The number of para-hydroxylation sites is 1. The van der Waals surface area contributed by atoms with Crippen LogP contribution in [-0.2, 0) is 4.79 Å². The summed E-state index contributed by atoms with van der Waals surface area (Å²) in [6.45, 7) is 2.04. The summed E-state index contributed by atoms with van der Waals surface area (Å²) in [5.41, 5.74) is 5.71. The molecule has 0 aliphatic heterocycles. The van der Waals surface area contributed by atoms with Crippen LogP contribution in [0.2, 0.25) is 5.02 Å². The van der Waals surface area contributed by atoms with Crippen molar-refractivity contribution in [2.75, 3.05) is 11.1 Å². The molecule has 7 heteroatoms. The Labute approximate surface area is 219 Å². The number of halogens is 1. The SMILES string of the molecule is Cc1ccc(-n2c(SCC(=O)Nc3ccccc3-c3ccccc3)nnc2-c2cccc(Cl)c2)cc1. The van der Waals surface area contributed by atoms with Crippen molar-refractivity contribution in [3.8, 4) is 28.2 Å². The second kappa shape index (κ2) is 10.8. The van der Waals surface area contributed by atoms with Gasteiger partial charge in [0.05, 0.1) is 5.75 Å². The van der Waals surface area contributed by atoms with Gasteiger partial charge in [-0.25, -0.2) is 0 Å². The topological polar surface area (TPSA) is 59.8 Å². The van der Waals surface area contributed by atoms with E-state index in [2.05, 4.69) is 15.5 Å². The van der Waals surface area contributed by atoms with Crippen molar-refractivity contribution in [2.45, 2.75) is 12.1 Å². The number of carbonyl (C=O) groups is 1. The molecule has 36 heavy (non-hydrogen) atoms.